The average molecular weight is 455 g/mol. The Balaban J connectivity index is 1.34. The number of pyridine rings is 1. The Morgan fingerprint density at radius 3 is 2.72 bits per heavy atom. The molecule has 6 rings (SSSR count). The Labute approximate surface area is 188 Å². The van der Waals surface area contributed by atoms with Crippen molar-refractivity contribution in [3.8, 4) is 0 Å². The van der Waals surface area contributed by atoms with Crippen LogP contribution in [-0.4, -0.2) is 34.8 Å². The molecule has 4 aromatic rings. The van der Waals surface area contributed by atoms with E-state index in [1.165, 1.54) is 0 Å². The number of nitrogens with zero attached hydrogens (tertiary/aromatic N) is 5. The van der Waals surface area contributed by atoms with Crippen molar-refractivity contribution in [3.05, 3.63) is 57.6 Å². The van der Waals surface area contributed by atoms with Gasteiger partial charge in [0, 0.05) is 29.3 Å². The zero-order chi connectivity index (χ0) is 22.0. The molecular weight excluding hydrogens is 431 g/mol. The molecule has 7 nitrogen and oxygen atoms in total. The Kier molecular flexibility index (Phi) is 4.44. The van der Waals surface area contributed by atoms with Crippen molar-refractivity contribution in [3.63, 3.8) is 0 Å². The normalized spacial score (nSPS) is 28.3. The first-order chi connectivity index (χ1) is 15.4. The van der Waals surface area contributed by atoms with Crippen LogP contribution in [0.1, 0.15) is 74.8 Å². The molecule has 0 unspecified atom stereocenters. The van der Waals surface area contributed by atoms with E-state index in [1.807, 2.05) is 33.6 Å². The van der Waals surface area contributed by atoms with Crippen LogP contribution in [-0.2, 0) is 0 Å². The number of H-pyrrole nitrogens is 1. The van der Waals surface area contributed by atoms with Crippen LogP contribution in [0.5, 0.6) is 0 Å². The summed E-state index contributed by atoms with van der Waals surface area (Å²) in [5.41, 5.74) is 1.10. The van der Waals surface area contributed by atoms with Gasteiger partial charge in [-0.25, -0.2) is 19.0 Å². The number of halogens is 2. The zero-order valence-corrected chi connectivity index (χ0v) is 18.5. The van der Waals surface area contributed by atoms with Crippen LogP contribution in [0.2, 0.25) is 5.02 Å². The fourth-order valence-electron chi connectivity index (χ4n) is 5.18. The Morgan fingerprint density at radius 2 is 1.97 bits per heavy atom. The zero-order valence-electron chi connectivity index (χ0n) is 17.8. The number of hydrogen-bond acceptors (Lipinski definition) is 4. The summed E-state index contributed by atoms with van der Waals surface area (Å²) >= 11 is 6.10. The molecule has 0 aromatic carbocycles. The lowest BCUT2D eigenvalue weighted by molar-refractivity contribution is 0.103. The largest absolute Gasteiger partial charge is 0.310 e. The van der Waals surface area contributed by atoms with Crippen molar-refractivity contribution in [2.45, 2.75) is 69.0 Å². The van der Waals surface area contributed by atoms with E-state index in [0.717, 1.165) is 24.2 Å². The highest BCUT2D eigenvalue weighted by atomic mass is 35.5. The van der Waals surface area contributed by atoms with Gasteiger partial charge in [0.05, 0.1) is 17.9 Å². The van der Waals surface area contributed by atoms with Crippen LogP contribution in [0.25, 0.3) is 16.7 Å². The first kappa shape index (κ1) is 19.9. The van der Waals surface area contributed by atoms with Crippen LogP contribution in [0.3, 0.4) is 0 Å². The number of imidazole rings is 1. The van der Waals surface area contributed by atoms with Crippen molar-refractivity contribution < 1.29 is 4.39 Å². The third-order valence-electron chi connectivity index (χ3n) is 7.27. The molecule has 2 aliphatic carbocycles. The molecule has 32 heavy (non-hydrogen) atoms. The van der Waals surface area contributed by atoms with E-state index >= 15 is 0 Å². The second-order valence-electron chi connectivity index (χ2n) is 9.49. The Morgan fingerprint density at radius 1 is 1.19 bits per heavy atom. The number of alkyl halides is 1. The van der Waals surface area contributed by atoms with Gasteiger partial charge in [-0.1, -0.05) is 11.6 Å². The SMILES string of the molecule is CC1(F)CCC(n2ncc3c(=O)[nH]c([C@@H]4CC[C@H]4c4cn5ccc(Cl)cc5n4)nc32)CC1. The summed E-state index contributed by atoms with van der Waals surface area (Å²) in [6.07, 6.45) is 9.82. The van der Waals surface area contributed by atoms with Gasteiger partial charge in [0.1, 0.15) is 22.5 Å². The summed E-state index contributed by atoms with van der Waals surface area (Å²) in [5.74, 6) is 0.964. The lowest BCUT2D eigenvalue weighted by Crippen LogP contribution is -2.29. The van der Waals surface area contributed by atoms with E-state index in [1.54, 1.807) is 13.1 Å². The minimum Gasteiger partial charge on any atom is -0.310 e. The van der Waals surface area contributed by atoms with Crippen LogP contribution < -0.4 is 5.56 Å². The first-order valence-corrected chi connectivity index (χ1v) is 11.6. The molecule has 0 saturated heterocycles. The molecule has 0 amide bonds. The number of rotatable bonds is 3. The third kappa shape index (κ3) is 3.23. The van der Waals surface area contributed by atoms with E-state index in [-0.39, 0.29) is 23.4 Å². The summed E-state index contributed by atoms with van der Waals surface area (Å²) in [6.45, 7) is 1.66. The summed E-state index contributed by atoms with van der Waals surface area (Å²) < 4.78 is 18.1. The summed E-state index contributed by atoms with van der Waals surface area (Å²) in [7, 11) is 0. The fourth-order valence-corrected chi connectivity index (χ4v) is 5.34. The lowest BCUT2D eigenvalue weighted by Gasteiger charge is -2.34. The monoisotopic (exact) mass is 454 g/mol. The summed E-state index contributed by atoms with van der Waals surface area (Å²) in [6, 6.07) is 3.75. The van der Waals surface area contributed by atoms with Crippen molar-refractivity contribution >= 4 is 28.3 Å². The van der Waals surface area contributed by atoms with E-state index < -0.39 is 5.67 Å². The Bertz CT molecular complexity index is 1380. The van der Waals surface area contributed by atoms with Gasteiger partial charge in [-0.2, -0.15) is 5.10 Å². The number of aromatic amines is 1. The highest BCUT2D eigenvalue weighted by Gasteiger charge is 2.38. The summed E-state index contributed by atoms with van der Waals surface area (Å²) in [4.78, 5) is 25.4. The minimum absolute atomic E-state index is 0.0684. The molecular formula is C23H24ClFN6O. The predicted octanol–water partition coefficient (Wildman–Crippen LogP) is 4.93. The van der Waals surface area contributed by atoms with Gasteiger partial charge in [0.15, 0.2) is 5.65 Å². The van der Waals surface area contributed by atoms with Crippen molar-refractivity contribution in [1.82, 2.24) is 29.1 Å². The van der Waals surface area contributed by atoms with Crippen LogP contribution in [0.15, 0.2) is 35.5 Å². The molecule has 0 bridgehead atoms. The lowest BCUT2D eigenvalue weighted by atomic mass is 9.71. The fraction of sp³-hybridized carbons (Fsp3) is 0.478. The maximum atomic E-state index is 14.3. The number of hydrogen-bond donors (Lipinski definition) is 1. The standard InChI is InChI=1S/C23H24ClFN6O/c1-23(25)7-4-14(5-8-23)31-21-17(11-26-31)22(32)29-20(28-21)16-3-2-15(16)18-12-30-9-6-13(24)10-19(30)27-18/h6,9-12,14-16H,2-5,7-8H2,1H3,(H,28,29,32)/t14?,15-,16-,23?/m1/s1. The van der Waals surface area contributed by atoms with Gasteiger partial charge < -0.3 is 9.38 Å². The van der Waals surface area contributed by atoms with E-state index in [4.69, 9.17) is 21.6 Å². The molecule has 4 heterocycles. The molecule has 166 valence electrons. The molecule has 4 aromatic heterocycles. The number of aromatic nitrogens is 6. The number of nitrogens with one attached hydrogen (secondary N) is 1. The van der Waals surface area contributed by atoms with Gasteiger partial charge in [0.25, 0.3) is 5.56 Å². The average Bonchev–Trinajstić information content (AvgIpc) is 3.31. The van der Waals surface area contributed by atoms with E-state index in [9.17, 15) is 9.18 Å². The topological polar surface area (TPSA) is 80.9 Å². The molecule has 2 aliphatic rings. The van der Waals surface area contributed by atoms with E-state index in [0.29, 0.717) is 47.6 Å². The second-order valence-corrected chi connectivity index (χ2v) is 9.93. The minimum atomic E-state index is -1.12. The Hall–Kier alpha value is -2.74. The molecule has 1 N–H and O–H groups in total. The van der Waals surface area contributed by atoms with E-state index in [2.05, 4.69) is 10.1 Å². The molecule has 2 fully saturated rings. The predicted molar refractivity (Wildman–Crippen MR) is 120 cm³/mol. The first-order valence-electron chi connectivity index (χ1n) is 11.2. The number of fused-ring (bicyclic) bond motifs is 2. The van der Waals surface area contributed by atoms with Crippen molar-refractivity contribution in [1.29, 1.82) is 0 Å². The van der Waals surface area contributed by atoms with Crippen molar-refractivity contribution in [2.75, 3.05) is 0 Å². The van der Waals surface area contributed by atoms with Crippen LogP contribution in [0, 0.1) is 0 Å². The van der Waals surface area contributed by atoms with Gasteiger partial charge in [-0.05, 0) is 57.6 Å². The van der Waals surface area contributed by atoms with Crippen LogP contribution >= 0.6 is 11.6 Å². The van der Waals surface area contributed by atoms with Gasteiger partial charge in [0.2, 0.25) is 0 Å². The molecule has 0 aliphatic heterocycles. The van der Waals surface area contributed by atoms with Gasteiger partial charge in [-0.3, -0.25) is 4.79 Å². The molecule has 2 saturated carbocycles. The highest BCUT2D eigenvalue weighted by Crippen LogP contribution is 2.47. The summed E-state index contributed by atoms with van der Waals surface area (Å²) in [5, 5.41) is 5.61. The quantitative estimate of drug-likeness (QED) is 0.476. The second kappa shape index (κ2) is 7.13. The maximum Gasteiger partial charge on any atom is 0.262 e. The van der Waals surface area contributed by atoms with Gasteiger partial charge in [-0.15, -0.1) is 0 Å². The molecule has 0 radical (unpaired) electrons. The third-order valence-corrected chi connectivity index (χ3v) is 7.51. The highest BCUT2D eigenvalue weighted by molar-refractivity contribution is 6.30. The molecule has 2 atom stereocenters. The smallest absolute Gasteiger partial charge is 0.262 e. The maximum absolute atomic E-state index is 14.3. The van der Waals surface area contributed by atoms with Crippen LogP contribution in [0.4, 0.5) is 4.39 Å². The van der Waals surface area contributed by atoms with Gasteiger partial charge >= 0.3 is 0 Å². The van der Waals surface area contributed by atoms with Crippen molar-refractivity contribution in [2.24, 2.45) is 0 Å². The molecule has 9 heteroatoms. The molecule has 0 spiro atoms.